The van der Waals surface area contributed by atoms with Gasteiger partial charge in [0, 0.05) is 34.1 Å². The highest BCUT2D eigenvalue weighted by molar-refractivity contribution is 6.31. The van der Waals surface area contributed by atoms with Crippen LogP contribution in [0.2, 0.25) is 5.02 Å². The molecule has 5 heteroatoms. The SMILES string of the molecule is CCC(CC)(CO)CNC(=O)Cc1c[nH]c2cc(Cl)ccc12. The Balaban J connectivity index is 2.02. The van der Waals surface area contributed by atoms with E-state index in [1.54, 1.807) is 0 Å². The number of hydrogen-bond donors (Lipinski definition) is 3. The molecule has 0 fully saturated rings. The molecule has 0 aliphatic heterocycles. The van der Waals surface area contributed by atoms with E-state index in [9.17, 15) is 9.90 Å². The summed E-state index contributed by atoms with van der Waals surface area (Å²) in [5.74, 6) is -0.0319. The largest absolute Gasteiger partial charge is 0.396 e. The smallest absolute Gasteiger partial charge is 0.224 e. The lowest BCUT2D eigenvalue weighted by Gasteiger charge is -2.29. The van der Waals surface area contributed by atoms with Crippen LogP contribution in [0.25, 0.3) is 10.9 Å². The van der Waals surface area contributed by atoms with Gasteiger partial charge in [-0.3, -0.25) is 4.79 Å². The third kappa shape index (κ3) is 3.62. The van der Waals surface area contributed by atoms with Crippen LogP contribution in [0, 0.1) is 5.41 Å². The molecular formula is C17H23ClN2O2. The van der Waals surface area contributed by atoms with Crippen LogP contribution in [-0.2, 0) is 11.2 Å². The fraction of sp³-hybridized carbons (Fsp3) is 0.471. The number of rotatable bonds is 7. The second kappa shape index (κ2) is 7.16. The molecule has 1 aromatic carbocycles. The van der Waals surface area contributed by atoms with E-state index in [4.69, 9.17) is 11.6 Å². The molecule has 0 radical (unpaired) electrons. The molecule has 2 rings (SSSR count). The standard InChI is InChI=1S/C17H23ClN2O2/c1-3-17(4-2,11-21)10-20-16(22)7-12-9-19-15-8-13(18)5-6-14(12)15/h5-6,8-9,19,21H,3-4,7,10-11H2,1-2H3,(H,20,22). The number of carbonyl (C=O) groups excluding carboxylic acids is 1. The van der Waals surface area contributed by atoms with Crippen molar-refractivity contribution in [3.63, 3.8) is 0 Å². The van der Waals surface area contributed by atoms with Crippen molar-refractivity contribution >= 4 is 28.4 Å². The zero-order valence-electron chi connectivity index (χ0n) is 13.1. The highest BCUT2D eigenvalue weighted by atomic mass is 35.5. The number of carbonyl (C=O) groups is 1. The molecule has 1 aromatic heterocycles. The van der Waals surface area contributed by atoms with Gasteiger partial charge in [-0.05, 0) is 30.5 Å². The number of aliphatic hydroxyl groups excluding tert-OH is 1. The first-order valence-corrected chi connectivity index (χ1v) is 8.04. The summed E-state index contributed by atoms with van der Waals surface area (Å²) in [4.78, 5) is 15.3. The molecule has 3 N–H and O–H groups in total. The topological polar surface area (TPSA) is 65.1 Å². The van der Waals surface area contributed by atoms with Crippen LogP contribution in [0.3, 0.4) is 0 Å². The van der Waals surface area contributed by atoms with Crippen molar-refractivity contribution in [1.82, 2.24) is 10.3 Å². The lowest BCUT2D eigenvalue weighted by atomic mass is 9.83. The Hall–Kier alpha value is -1.52. The lowest BCUT2D eigenvalue weighted by Crippen LogP contribution is -2.39. The third-order valence-electron chi connectivity index (χ3n) is 4.58. The number of amides is 1. The normalized spacial score (nSPS) is 11.8. The van der Waals surface area contributed by atoms with Crippen molar-refractivity contribution in [3.05, 3.63) is 35.0 Å². The highest BCUT2D eigenvalue weighted by Crippen LogP contribution is 2.25. The maximum atomic E-state index is 12.2. The number of benzene rings is 1. The quantitative estimate of drug-likeness (QED) is 0.732. The third-order valence-corrected chi connectivity index (χ3v) is 4.81. The minimum Gasteiger partial charge on any atom is -0.396 e. The number of aromatic nitrogens is 1. The van der Waals surface area contributed by atoms with Crippen LogP contribution in [0.1, 0.15) is 32.3 Å². The summed E-state index contributed by atoms with van der Waals surface area (Å²) in [5.41, 5.74) is 1.66. The van der Waals surface area contributed by atoms with E-state index in [1.807, 2.05) is 38.2 Å². The van der Waals surface area contributed by atoms with E-state index in [1.165, 1.54) is 0 Å². The predicted molar refractivity (Wildman–Crippen MR) is 90.1 cm³/mol. The summed E-state index contributed by atoms with van der Waals surface area (Å²) in [7, 11) is 0. The summed E-state index contributed by atoms with van der Waals surface area (Å²) >= 11 is 5.96. The van der Waals surface area contributed by atoms with E-state index >= 15 is 0 Å². The Bertz CT molecular complexity index is 639. The molecular weight excluding hydrogens is 300 g/mol. The molecule has 0 bridgehead atoms. The molecule has 0 unspecified atom stereocenters. The molecule has 0 saturated carbocycles. The molecule has 22 heavy (non-hydrogen) atoms. The van der Waals surface area contributed by atoms with Crippen LogP contribution >= 0.6 is 11.6 Å². The van der Waals surface area contributed by atoms with Crippen molar-refractivity contribution in [2.45, 2.75) is 33.1 Å². The number of hydrogen-bond acceptors (Lipinski definition) is 2. The molecule has 120 valence electrons. The van der Waals surface area contributed by atoms with Gasteiger partial charge in [0.05, 0.1) is 13.0 Å². The summed E-state index contributed by atoms with van der Waals surface area (Å²) in [6.45, 7) is 4.67. The van der Waals surface area contributed by atoms with Crippen molar-refractivity contribution in [3.8, 4) is 0 Å². The Morgan fingerprint density at radius 3 is 2.73 bits per heavy atom. The Kier molecular flexibility index (Phi) is 5.48. The highest BCUT2D eigenvalue weighted by Gasteiger charge is 2.25. The van der Waals surface area contributed by atoms with E-state index < -0.39 is 0 Å². The van der Waals surface area contributed by atoms with Gasteiger partial charge in [-0.1, -0.05) is 31.5 Å². The number of halogens is 1. The Morgan fingerprint density at radius 1 is 1.36 bits per heavy atom. The summed E-state index contributed by atoms with van der Waals surface area (Å²) in [6.07, 6.45) is 3.84. The molecule has 2 aromatic rings. The minimum atomic E-state index is -0.219. The van der Waals surface area contributed by atoms with E-state index in [-0.39, 0.29) is 17.9 Å². The zero-order valence-corrected chi connectivity index (χ0v) is 13.8. The van der Waals surface area contributed by atoms with Crippen molar-refractivity contribution in [1.29, 1.82) is 0 Å². The minimum absolute atomic E-state index is 0.0319. The maximum absolute atomic E-state index is 12.2. The molecule has 0 aliphatic rings. The first-order chi connectivity index (χ1) is 10.5. The fourth-order valence-electron chi connectivity index (χ4n) is 2.61. The molecule has 0 atom stereocenters. The number of aliphatic hydroxyl groups is 1. The van der Waals surface area contributed by atoms with Gasteiger partial charge in [0.25, 0.3) is 0 Å². The predicted octanol–water partition coefficient (Wildman–Crippen LogP) is 3.28. The van der Waals surface area contributed by atoms with Crippen LogP contribution in [0.15, 0.2) is 24.4 Å². The molecule has 0 spiro atoms. The average molecular weight is 323 g/mol. The van der Waals surface area contributed by atoms with Gasteiger partial charge in [0.2, 0.25) is 5.91 Å². The number of fused-ring (bicyclic) bond motifs is 1. The van der Waals surface area contributed by atoms with Crippen LogP contribution < -0.4 is 5.32 Å². The van der Waals surface area contributed by atoms with E-state index in [2.05, 4.69) is 10.3 Å². The van der Waals surface area contributed by atoms with Crippen molar-refractivity contribution in [2.24, 2.45) is 5.41 Å². The van der Waals surface area contributed by atoms with Gasteiger partial charge < -0.3 is 15.4 Å². The van der Waals surface area contributed by atoms with Gasteiger partial charge in [0.15, 0.2) is 0 Å². The van der Waals surface area contributed by atoms with Gasteiger partial charge in [-0.25, -0.2) is 0 Å². The number of aromatic amines is 1. The van der Waals surface area contributed by atoms with Crippen LogP contribution in [0.5, 0.6) is 0 Å². The molecule has 0 aliphatic carbocycles. The molecule has 1 amide bonds. The molecule has 0 saturated heterocycles. The van der Waals surface area contributed by atoms with Crippen molar-refractivity contribution < 1.29 is 9.90 Å². The Labute approximate surface area is 135 Å². The number of nitrogens with one attached hydrogen (secondary N) is 2. The summed E-state index contributed by atoms with van der Waals surface area (Å²) in [5, 5.41) is 14.2. The average Bonchev–Trinajstić information content (AvgIpc) is 2.91. The molecule has 4 nitrogen and oxygen atoms in total. The zero-order chi connectivity index (χ0) is 16.2. The van der Waals surface area contributed by atoms with Crippen LogP contribution in [-0.4, -0.2) is 29.1 Å². The second-order valence-corrected chi connectivity index (χ2v) is 6.26. The van der Waals surface area contributed by atoms with Gasteiger partial charge in [0.1, 0.15) is 0 Å². The first kappa shape index (κ1) is 16.8. The first-order valence-electron chi connectivity index (χ1n) is 7.66. The summed E-state index contributed by atoms with van der Waals surface area (Å²) < 4.78 is 0. The van der Waals surface area contributed by atoms with Crippen LogP contribution in [0.4, 0.5) is 0 Å². The van der Waals surface area contributed by atoms with Crippen molar-refractivity contribution in [2.75, 3.05) is 13.2 Å². The lowest BCUT2D eigenvalue weighted by molar-refractivity contribution is -0.121. The second-order valence-electron chi connectivity index (χ2n) is 5.82. The van der Waals surface area contributed by atoms with Gasteiger partial charge >= 0.3 is 0 Å². The van der Waals surface area contributed by atoms with E-state index in [0.29, 0.717) is 18.0 Å². The summed E-state index contributed by atoms with van der Waals surface area (Å²) in [6, 6.07) is 5.60. The van der Waals surface area contributed by atoms with E-state index in [0.717, 1.165) is 29.3 Å². The Morgan fingerprint density at radius 2 is 2.09 bits per heavy atom. The van der Waals surface area contributed by atoms with Gasteiger partial charge in [-0.2, -0.15) is 0 Å². The molecule has 1 heterocycles. The maximum Gasteiger partial charge on any atom is 0.224 e. The number of H-pyrrole nitrogens is 1. The monoisotopic (exact) mass is 322 g/mol. The fourth-order valence-corrected chi connectivity index (χ4v) is 2.78. The van der Waals surface area contributed by atoms with Gasteiger partial charge in [-0.15, -0.1) is 0 Å².